The zero-order chi connectivity index (χ0) is 14.8. The average Bonchev–Trinajstić information content (AvgIpc) is 2.49. The lowest BCUT2D eigenvalue weighted by molar-refractivity contribution is 0.296. The normalized spacial score (nSPS) is 12.2. The third-order valence-corrected chi connectivity index (χ3v) is 4.12. The first-order valence-electron chi connectivity index (χ1n) is 6.86. The topological polar surface area (TPSA) is 50.7 Å². The molecule has 0 aliphatic rings. The number of methoxy groups -OCH3 is 2. The Morgan fingerprint density at radius 3 is 2.60 bits per heavy atom. The van der Waals surface area contributed by atoms with Gasteiger partial charge in [-0.1, -0.05) is 6.07 Å². The van der Waals surface area contributed by atoms with Gasteiger partial charge >= 0.3 is 0 Å². The molecule has 0 bridgehead atoms. The minimum atomic E-state index is 0.272. The van der Waals surface area contributed by atoms with Gasteiger partial charge in [-0.15, -0.1) is 0 Å². The fourth-order valence-corrected chi connectivity index (χ4v) is 2.66. The highest BCUT2D eigenvalue weighted by molar-refractivity contribution is 7.99. The van der Waals surface area contributed by atoms with Crippen LogP contribution in [0.25, 0.3) is 0 Å². The number of hydrogen-bond donors (Lipinski definition) is 2. The molecule has 0 radical (unpaired) electrons. The lowest BCUT2D eigenvalue weighted by atomic mass is 10.1. The van der Waals surface area contributed by atoms with Crippen LogP contribution >= 0.6 is 11.8 Å². The summed E-state index contributed by atoms with van der Waals surface area (Å²) >= 11 is 1.86. The van der Waals surface area contributed by atoms with Gasteiger partial charge in [-0.25, -0.2) is 0 Å². The Labute approximate surface area is 125 Å². The summed E-state index contributed by atoms with van der Waals surface area (Å²) in [4.78, 5) is 0. The van der Waals surface area contributed by atoms with Crippen molar-refractivity contribution >= 4 is 11.8 Å². The lowest BCUT2D eigenvalue weighted by Gasteiger charge is -2.16. The first kappa shape index (κ1) is 17.1. The maximum Gasteiger partial charge on any atom is 0.161 e. The van der Waals surface area contributed by atoms with Gasteiger partial charge in [0.15, 0.2) is 11.5 Å². The Kier molecular flexibility index (Phi) is 8.49. The van der Waals surface area contributed by atoms with Crippen LogP contribution in [0, 0.1) is 0 Å². The molecule has 0 aromatic heterocycles. The van der Waals surface area contributed by atoms with Crippen LogP contribution < -0.4 is 14.8 Å². The SMILES string of the molecule is COc1ccc(C(C)NCCSCCCO)cc1OC. The summed E-state index contributed by atoms with van der Waals surface area (Å²) in [5.41, 5.74) is 1.18. The van der Waals surface area contributed by atoms with Crippen LogP contribution in [0.2, 0.25) is 0 Å². The first-order valence-corrected chi connectivity index (χ1v) is 8.02. The van der Waals surface area contributed by atoms with E-state index in [0.717, 1.165) is 36.0 Å². The molecule has 0 aliphatic carbocycles. The van der Waals surface area contributed by atoms with Gasteiger partial charge in [0.05, 0.1) is 14.2 Å². The summed E-state index contributed by atoms with van der Waals surface area (Å²) in [5, 5.41) is 12.2. The van der Waals surface area contributed by atoms with Crippen molar-refractivity contribution in [1.82, 2.24) is 5.32 Å². The van der Waals surface area contributed by atoms with Crippen LogP contribution in [0.1, 0.15) is 24.9 Å². The predicted octanol–water partition coefficient (Wildman–Crippen LogP) is 2.47. The number of nitrogens with one attached hydrogen (secondary N) is 1. The molecular formula is C15H25NO3S. The van der Waals surface area contributed by atoms with E-state index in [-0.39, 0.29) is 12.6 Å². The quantitative estimate of drug-likeness (QED) is 0.650. The van der Waals surface area contributed by atoms with E-state index >= 15 is 0 Å². The van der Waals surface area contributed by atoms with Gasteiger partial charge in [-0.3, -0.25) is 0 Å². The molecule has 0 saturated heterocycles. The van der Waals surface area contributed by atoms with Crippen molar-refractivity contribution in [3.63, 3.8) is 0 Å². The number of rotatable bonds is 10. The molecule has 1 rings (SSSR count). The highest BCUT2D eigenvalue weighted by Crippen LogP contribution is 2.29. The van der Waals surface area contributed by atoms with Crippen LogP contribution in [-0.2, 0) is 0 Å². The van der Waals surface area contributed by atoms with E-state index in [9.17, 15) is 0 Å². The molecule has 4 nitrogen and oxygen atoms in total. The van der Waals surface area contributed by atoms with E-state index < -0.39 is 0 Å². The number of aliphatic hydroxyl groups excluding tert-OH is 1. The van der Waals surface area contributed by atoms with Gasteiger partial charge in [0.2, 0.25) is 0 Å². The van der Waals surface area contributed by atoms with Crippen molar-refractivity contribution in [2.24, 2.45) is 0 Å². The van der Waals surface area contributed by atoms with E-state index in [1.54, 1.807) is 14.2 Å². The zero-order valence-corrected chi connectivity index (χ0v) is 13.3. The van der Waals surface area contributed by atoms with Crippen LogP contribution in [0.5, 0.6) is 11.5 Å². The summed E-state index contributed by atoms with van der Waals surface area (Å²) in [6.45, 7) is 3.37. The monoisotopic (exact) mass is 299 g/mol. The summed E-state index contributed by atoms with van der Waals surface area (Å²) in [5.74, 6) is 3.58. The van der Waals surface area contributed by atoms with E-state index in [1.165, 1.54) is 5.56 Å². The van der Waals surface area contributed by atoms with Crippen LogP contribution in [0.4, 0.5) is 0 Å². The molecule has 5 heteroatoms. The van der Waals surface area contributed by atoms with Crippen LogP contribution in [0.15, 0.2) is 18.2 Å². The highest BCUT2D eigenvalue weighted by atomic mass is 32.2. The molecular weight excluding hydrogens is 274 g/mol. The summed E-state index contributed by atoms with van der Waals surface area (Å²) in [6, 6.07) is 6.27. The third-order valence-electron chi connectivity index (χ3n) is 3.05. The molecule has 0 aliphatic heterocycles. The van der Waals surface area contributed by atoms with Crippen molar-refractivity contribution in [3.05, 3.63) is 23.8 Å². The Bertz CT molecular complexity index is 387. The largest absolute Gasteiger partial charge is 0.493 e. The van der Waals surface area contributed by atoms with Gasteiger partial charge in [0.1, 0.15) is 0 Å². The minimum absolute atomic E-state index is 0.272. The maximum absolute atomic E-state index is 8.70. The molecule has 0 fully saturated rings. The van der Waals surface area contributed by atoms with Gasteiger partial charge < -0.3 is 19.9 Å². The molecule has 1 aromatic rings. The first-order chi connectivity index (χ1) is 9.72. The molecule has 0 amide bonds. The molecule has 0 heterocycles. The van der Waals surface area contributed by atoms with Gasteiger partial charge in [-0.05, 0) is 36.8 Å². The number of benzene rings is 1. The second-order valence-electron chi connectivity index (χ2n) is 4.48. The molecule has 1 aromatic carbocycles. The van der Waals surface area contributed by atoms with Crippen LogP contribution in [0.3, 0.4) is 0 Å². The molecule has 114 valence electrons. The molecule has 2 N–H and O–H groups in total. The second-order valence-corrected chi connectivity index (χ2v) is 5.70. The smallest absolute Gasteiger partial charge is 0.161 e. The van der Waals surface area contributed by atoms with Gasteiger partial charge in [-0.2, -0.15) is 11.8 Å². The third kappa shape index (κ3) is 5.61. The van der Waals surface area contributed by atoms with Gasteiger partial charge in [0, 0.05) is 24.9 Å². The average molecular weight is 299 g/mol. The van der Waals surface area contributed by atoms with Crippen molar-refractivity contribution in [2.45, 2.75) is 19.4 Å². The van der Waals surface area contributed by atoms with Crippen molar-refractivity contribution in [2.75, 3.05) is 38.9 Å². The molecule has 1 atom stereocenters. The second kappa shape index (κ2) is 9.91. The van der Waals surface area contributed by atoms with Crippen LogP contribution in [-0.4, -0.2) is 44.0 Å². The Morgan fingerprint density at radius 1 is 1.20 bits per heavy atom. The summed E-state index contributed by atoms with van der Waals surface area (Å²) < 4.78 is 10.6. The number of ether oxygens (including phenoxy) is 2. The Balaban J connectivity index is 2.41. The molecule has 1 unspecified atom stereocenters. The molecule has 0 saturated carbocycles. The summed E-state index contributed by atoms with van der Waals surface area (Å²) in [7, 11) is 3.29. The number of aliphatic hydroxyl groups is 1. The van der Waals surface area contributed by atoms with E-state index in [1.807, 2.05) is 23.9 Å². The number of hydrogen-bond acceptors (Lipinski definition) is 5. The van der Waals surface area contributed by atoms with Gasteiger partial charge in [0.25, 0.3) is 0 Å². The zero-order valence-electron chi connectivity index (χ0n) is 12.5. The fraction of sp³-hybridized carbons (Fsp3) is 0.600. The minimum Gasteiger partial charge on any atom is -0.493 e. The number of thioether (sulfide) groups is 1. The fourth-order valence-electron chi connectivity index (χ4n) is 1.86. The van der Waals surface area contributed by atoms with E-state index in [4.69, 9.17) is 14.6 Å². The Morgan fingerprint density at radius 2 is 1.95 bits per heavy atom. The highest BCUT2D eigenvalue weighted by Gasteiger charge is 2.09. The van der Waals surface area contributed by atoms with Crippen molar-refractivity contribution < 1.29 is 14.6 Å². The van der Waals surface area contributed by atoms with Crippen molar-refractivity contribution in [1.29, 1.82) is 0 Å². The standard InChI is InChI=1S/C15H25NO3S/c1-12(16-7-10-20-9-4-8-17)13-5-6-14(18-2)15(11-13)19-3/h5-6,11-12,16-17H,4,7-10H2,1-3H3. The Hall–Kier alpha value is -0.910. The summed E-state index contributed by atoms with van der Waals surface area (Å²) in [6.07, 6.45) is 0.871. The van der Waals surface area contributed by atoms with Crippen molar-refractivity contribution in [3.8, 4) is 11.5 Å². The lowest BCUT2D eigenvalue weighted by Crippen LogP contribution is -2.21. The molecule has 20 heavy (non-hydrogen) atoms. The van der Waals surface area contributed by atoms with E-state index in [0.29, 0.717) is 0 Å². The predicted molar refractivity (Wildman–Crippen MR) is 85.0 cm³/mol. The maximum atomic E-state index is 8.70. The van der Waals surface area contributed by atoms with E-state index in [2.05, 4.69) is 18.3 Å². The molecule has 0 spiro atoms.